The Morgan fingerprint density at radius 1 is 1.30 bits per heavy atom. The van der Waals surface area contributed by atoms with Crippen molar-refractivity contribution in [2.45, 2.75) is 0 Å². The first-order chi connectivity index (χ1) is 4.63. The first-order valence-corrected chi connectivity index (χ1v) is 2.63. The molecule has 0 aliphatic carbocycles. The lowest BCUT2D eigenvalue weighted by atomic mass is 10.5. The van der Waals surface area contributed by atoms with Gasteiger partial charge in [0.25, 0.3) is 5.95 Å². The average Bonchev–Trinajstić information content (AvgIpc) is 1.93. The molecule has 0 saturated carbocycles. The van der Waals surface area contributed by atoms with Crippen LogP contribution in [0.1, 0.15) is 0 Å². The third-order valence-corrected chi connectivity index (χ3v) is 1.11. The van der Waals surface area contributed by atoms with Gasteiger partial charge in [0, 0.05) is 0 Å². The Balaban J connectivity index is 3.34. The number of hydrogen-bond donors (Lipinski definition) is 1. The van der Waals surface area contributed by atoms with Crippen molar-refractivity contribution in [2.75, 3.05) is 5.73 Å². The van der Waals surface area contributed by atoms with Gasteiger partial charge < -0.3 is 5.73 Å². The number of hydrogen-bond acceptors (Lipinski definition) is 3. The third kappa shape index (κ3) is 0.995. The van der Waals surface area contributed by atoms with E-state index in [9.17, 15) is 8.78 Å². The van der Waals surface area contributed by atoms with Crippen LogP contribution in [0.15, 0.2) is 0 Å². The standard InChI is InChI=1S/C4H2ClF2N3/c5-3-1(6)2(8)4(7)10-9-3/h(H2,8,9). The first-order valence-electron chi connectivity index (χ1n) is 2.25. The van der Waals surface area contributed by atoms with E-state index < -0.39 is 22.6 Å². The molecule has 2 N–H and O–H groups in total. The summed E-state index contributed by atoms with van der Waals surface area (Å²) in [6.45, 7) is 0. The molecule has 1 rings (SSSR count). The number of halogens is 3. The molecule has 0 fully saturated rings. The Morgan fingerprint density at radius 3 is 2.40 bits per heavy atom. The van der Waals surface area contributed by atoms with E-state index in [1.165, 1.54) is 0 Å². The van der Waals surface area contributed by atoms with Crippen molar-refractivity contribution in [3.8, 4) is 0 Å². The lowest BCUT2D eigenvalue weighted by molar-refractivity contribution is 0.537. The highest BCUT2D eigenvalue weighted by Gasteiger charge is 2.10. The van der Waals surface area contributed by atoms with Crippen LogP contribution in [-0.2, 0) is 0 Å². The van der Waals surface area contributed by atoms with Crippen molar-refractivity contribution in [3.63, 3.8) is 0 Å². The second-order valence-corrected chi connectivity index (χ2v) is 1.87. The fourth-order valence-corrected chi connectivity index (χ4v) is 0.527. The molecule has 0 aromatic carbocycles. The van der Waals surface area contributed by atoms with Crippen molar-refractivity contribution in [1.29, 1.82) is 0 Å². The summed E-state index contributed by atoms with van der Waals surface area (Å²) < 4.78 is 24.6. The maximum atomic E-state index is 12.4. The quantitative estimate of drug-likeness (QED) is 0.624. The van der Waals surface area contributed by atoms with Gasteiger partial charge in [-0.2, -0.15) is 4.39 Å². The highest BCUT2D eigenvalue weighted by atomic mass is 35.5. The Morgan fingerprint density at radius 2 is 1.90 bits per heavy atom. The number of nitrogen functional groups attached to an aromatic ring is 1. The summed E-state index contributed by atoms with van der Waals surface area (Å²) in [7, 11) is 0. The monoisotopic (exact) mass is 165 g/mol. The lowest BCUT2D eigenvalue weighted by Crippen LogP contribution is -2.01. The van der Waals surface area contributed by atoms with Crippen molar-refractivity contribution in [3.05, 3.63) is 16.9 Å². The summed E-state index contributed by atoms with van der Waals surface area (Å²) in [6, 6.07) is 0. The normalized spacial score (nSPS) is 9.90. The number of aromatic nitrogens is 2. The fourth-order valence-electron chi connectivity index (χ4n) is 0.387. The van der Waals surface area contributed by atoms with Crippen LogP contribution < -0.4 is 5.73 Å². The van der Waals surface area contributed by atoms with Crippen molar-refractivity contribution < 1.29 is 8.78 Å². The van der Waals surface area contributed by atoms with Crippen LogP contribution in [0.3, 0.4) is 0 Å². The molecule has 0 bridgehead atoms. The Hall–Kier alpha value is -0.970. The predicted molar refractivity (Wildman–Crippen MR) is 31.4 cm³/mol. The molecular formula is C4H2ClF2N3. The van der Waals surface area contributed by atoms with E-state index in [0.29, 0.717) is 0 Å². The number of nitrogens with two attached hydrogens (primary N) is 1. The summed E-state index contributed by atoms with van der Waals surface area (Å²) in [5, 5.41) is 5.22. The lowest BCUT2D eigenvalue weighted by Gasteiger charge is -1.95. The molecule has 0 atom stereocenters. The largest absolute Gasteiger partial charge is 0.392 e. The molecule has 1 aromatic heterocycles. The van der Waals surface area contributed by atoms with Gasteiger partial charge in [-0.05, 0) is 0 Å². The van der Waals surface area contributed by atoms with E-state index in [2.05, 4.69) is 10.2 Å². The highest BCUT2D eigenvalue weighted by Crippen LogP contribution is 2.17. The molecule has 0 amide bonds. The molecule has 1 aromatic rings. The molecule has 0 unspecified atom stereocenters. The molecule has 10 heavy (non-hydrogen) atoms. The topological polar surface area (TPSA) is 51.8 Å². The molecule has 0 aliphatic heterocycles. The molecular weight excluding hydrogens is 164 g/mol. The highest BCUT2D eigenvalue weighted by molar-refractivity contribution is 6.29. The summed E-state index contributed by atoms with van der Waals surface area (Å²) >= 11 is 5.09. The Kier molecular flexibility index (Phi) is 1.67. The Labute approximate surface area is 59.8 Å². The smallest absolute Gasteiger partial charge is 0.259 e. The maximum Gasteiger partial charge on any atom is 0.259 e. The van der Waals surface area contributed by atoms with E-state index >= 15 is 0 Å². The molecule has 0 saturated heterocycles. The van der Waals surface area contributed by atoms with Gasteiger partial charge in [-0.3, -0.25) is 0 Å². The van der Waals surface area contributed by atoms with Crippen LogP contribution in [0, 0.1) is 11.8 Å². The SMILES string of the molecule is Nc1c(F)nnc(Cl)c1F. The van der Waals surface area contributed by atoms with Crippen molar-refractivity contribution in [2.24, 2.45) is 0 Å². The van der Waals surface area contributed by atoms with Crippen LogP contribution in [0.25, 0.3) is 0 Å². The van der Waals surface area contributed by atoms with Gasteiger partial charge >= 0.3 is 0 Å². The summed E-state index contributed by atoms with van der Waals surface area (Å²) in [4.78, 5) is 0. The molecule has 6 heteroatoms. The molecule has 54 valence electrons. The third-order valence-electron chi connectivity index (χ3n) is 0.865. The second-order valence-electron chi connectivity index (χ2n) is 1.51. The molecule has 0 radical (unpaired) electrons. The van der Waals surface area contributed by atoms with Crippen LogP contribution in [0.4, 0.5) is 14.5 Å². The van der Waals surface area contributed by atoms with Crippen molar-refractivity contribution in [1.82, 2.24) is 10.2 Å². The summed E-state index contributed by atoms with van der Waals surface area (Å²) in [5.74, 6) is -2.23. The minimum atomic E-state index is -1.15. The molecule has 0 spiro atoms. The van der Waals surface area contributed by atoms with Gasteiger partial charge in [-0.25, -0.2) is 4.39 Å². The van der Waals surface area contributed by atoms with Crippen LogP contribution >= 0.6 is 11.6 Å². The van der Waals surface area contributed by atoms with Crippen molar-refractivity contribution >= 4 is 17.3 Å². The minimum absolute atomic E-state index is 0.529. The zero-order valence-electron chi connectivity index (χ0n) is 4.61. The molecule has 3 nitrogen and oxygen atoms in total. The number of anilines is 1. The van der Waals surface area contributed by atoms with Gasteiger partial charge in [-0.15, -0.1) is 10.2 Å². The average molecular weight is 166 g/mol. The maximum absolute atomic E-state index is 12.4. The van der Waals surface area contributed by atoms with Gasteiger partial charge in [0.05, 0.1) is 0 Å². The number of rotatable bonds is 0. The zero-order valence-corrected chi connectivity index (χ0v) is 5.36. The van der Waals surface area contributed by atoms with Crippen LogP contribution in [-0.4, -0.2) is 10.2 Å². The molecule has 0 aliphatic rings. The van der Waals surface area contributed by atoms with E-state index in [0.717, 1.165) is 0 Å². The summed E-state index contributed by atoms with van der Waals surface area (Å²) in [5.41, 5.74) is 4.14. The van der Waals surface area contributed by atoms with Crippen LogP contribution in [0.5, 0.6) is 0 Å². The van der Waals surface area contributed by atoms with E-state index in [4.69, 9.17) is 17.3 Å². The van der Waals surface area contributed by atoms with E-state index in [1.54, 1.807) is 0 Å². The number of nitrogens with zero attached hydrogens (tertiary/aromatic N) is 2. The Bertz CT molecular complexity index is 238. The predicted octanol–water partition coefficient (Wildman–Crippen LogP) is 0.990. The van der Waals surface area contributed by atoms with Gasteiger partial charge in [0.2, 0.25) is 0 Å². The fraction of sp³-hybridized carbons (Fsp3) is 0. The van der Waals surface area contributed by atoms with Crippen LogP contribution in [0.2, 0.25) is 5.15 Å². The van der Waals surface area contributed by atoms with E-state index in [-0.39, 0.29) is 0 Å². The van der Waals surface area contributed by atoms with E-state index in [1.807, 2.05) is 0 Å². The minimum Gasteiger partial charge on any atom is -0.392 e. The first kappa shape index (κ1) is 7.14. The van der Waals surface area contributed by atoms with Gasteiger partial charge in [0.15, 0.2) is 11.0 Å². The zero-order chi connectivity index (χ0) is 7.72. The summed E-state index contributed by atoms with van der Waals surface area (Å²) in [6.07, 6.45) is 0. The van der Waals surface area contributed by atoms with Gasteiger partial charge in [0.1, 0.15) is 5.69 Å². The second kappa shape index (κ2) is 2.34. The van der Waals surface area contributed by atoms with Gasteiger partial charge in [-0.1, -0.05) is 11.6 Å². The molecule has 1 heterocycles.